The van der Waals surface area contributed by atoms with Gasteiger partial charge < -0.3 is 5.73 Å². The molecular weight excluding hydrogens is 297 g/mol. The van der Waals surface area contributed by atoms with Crippen LogP contribution in [0.1, 0.15) is 32.2 Å². The van der Waals surface area contributed by atoms with Crippen molar-refractivity contribution in [3.63, 3.8) is 0 Å². The topological polar surface area (TPSA) is 69.6 Å². The van der Waals surface area contributed by atoms with E-state index in [1.54, 1.807) is 12.1 Å². The number of rotatable bonds is 3. The number of benzene rings is 1. The van der Waals surface area contributed by atoms with E-state index >= 15 is 0 Å². The van der Waals surface area contributed by atoms with Gasteiger partial charge in [0.2, 0.25) is 0 Å². The van der Waals surface area contributed by atoms with Crippen LogP contribution in [0.25, 0.3) is 11.4 Å². The minimum atomic E-state index is 0.241. The molecule has 2 aromatic rings. The van der Waals surface area contributed by atoms with Crippen molar-refractivity contribution >= 4 is 28.9 Å². The van der Waals surface area contributed by atoms with Gasteiger partial charge in [-0.15, -0.1) is 5.10 Å². The fraction of sp³-hybridized carbons (Fsp3) is 0.462. The average Bonchev–Trinajstić information content (AvgIpc) is 2.80. The van der Waals surface area contributed by atoms with E-state index in [4.69, 9.17) is 28.9 Å². The second-order valence-corrected chi connectivity index (χ2v) is 6.03. The molecule has 1 unspecified atom stereocenters. The highest BCUT2D eigenvalue weighted by molar-refractivity contribution is 6.43. The SMILES string of the molecule is CC(C1CCC1)n1nnnc1-c1cc(N)cc(Cl)c1Cl. The molecule has 1 saturated carbocycles. The number of tetrazole rings is 1. The number of anilines is 1. The third-order valence-corrected chi connectivity index (χ3v) is 4.80. The predicted molar refractivity (Wildman–Crippen MR) is 79.7 cm³/mol. The molecule has 0 saturated heterocycles. The van der Waals surface area contributed by atoms with Gasteiger partial charge in [-0.05, 0) is 48.2 Å². The standard InChI is InChI=1S/C13H15Cl2N5/c1-7(8-3-2-4-8)20-13(17-18-19-20)10-5-9(16)6-11(14)12(10)15/h5-8H,2-4,16H2,1H3. The summed E-state index contributed by atoms with van der Waals surface area (Å²) < 4.78 is 1.82. The maximum absolute atomic E-state index is 6.26. The first-order valence-corrected chi connectivity index (χ1v) is 7.36. The van der Waals surface area contributed by atoms with Crippen molar-refractivity contribution < 1.29 is 0 Å². The third-order valence-electron chi connectivity index (χ3n) is 4.00. The monoisotopic (exact) mass is 311 g/mol. The van der Waals surface area contributed by atoms with Crippen LogP contribution < -0.4 is 5.73 Å². The highest BCUT2D eigenvalue weighted by Crippen LogP contribution is 2.39. The van der Waals surface area contributed by atoms with Crippen molar-refractivity contribution in [1.29, 1.82) is 0 Å². The Balaban J connectivity index is 2.05. The van der Waals surface area contributed by atoms with Gasteiger partial charge in [-0.3, -0.25) is 0 Å². The van der Waals surface area contributed by atoms with Crippen LogP contribution in [0.4, 0.5) is 5.69 Å². The zero-order valence-electron chi connectivity index (χ0n) is 11.1. The number of nitrogens with two attached hydrogens (primary N) is 1. The lowest BCUT2D eigenvalue weighted by atomic mass is 9.80. The molecule has 0 aliphatic heterocycles. The summed E-state index contributed by atoms with van der Waals surface area (Å²) in [5.74, 6) is 1.23. The summed E-state index contributed by atoms with van der Waals surface area (Å²) in [6.45, 7) is 2.13. The van der Waals surface area contributed by atoms with Crippen LogP contribution in [0.2, 0.25) is 10.0 Å². The molecule has 1 aromatic carbocycles. The first-order valence-electron chi connectivity index (χ1n) is 6.60. The quantitative estimate of drug-likeness (QED) is 0.879. The molecule has 3 rings (SSSR count). The Morgan fingerprint density at radius 3 is 2.75 bits per heavy atom. The number of aromatic nitrogens is 4. The smallest absolute Gasteiger partial charge is 0.183 e. The number of hydrogen-bond donors (Lipinski definition) is 1. The van der Waals surface area contributed by atoms with E-state index in [0.29, 0.717) is 33.0 Å². The Morgan fingerprint density at radius 2 is 2.10 bits per heavy atom. The fourth-order valence-corrected chi connectivity index (χ4v) is 2.96. The maximum Gasteiger partial charge on any atom is 0.183 e. The number of hydrogen-bond acceptors (Lipinski definition) is 4. The average molecular weight is 312 g/mol. The van der Waals surface area contributed by atoms with Gasteiger partial charge >= 0.3 is 0 Å². The van der Waals surface area contributed by atoms with Crippen LogP contribution in [-0.2, 0) is 0 Å². The van der Waals surface area contributed by atoms with Gasteiger partial charge in [-0.25, -0.2) is 4.68 Å². The minimum absolute atomic E-state index is 0.241. The largest absolute Gasteiger partial charge is 0.399 e. The number of nitrogens with zero attached hydrogens (tertiary/aromatic N) is 4. The fourth-order valence-electron chi connectivity index (χ4n) is 2.54. The highest BCUT2D eigenvalue weighted by Gasteiger charge is 2.28. The summed E-state index contributed by atoms with van der Waals surface area (Å²) in [7, 11) is 0. The zero-order chi connectivity index (χ0) is 14.3. The Bertz CT molecular complexity index is 636. The Hall–Kier alpha value is -1.33. The predicted octanol–water partition coefficient (Wildman–Crippen LogP) is 3.59. The molecule has 1 atom stereocenters. The van der Waals surface area contributed by atoms with Crippen molar-refractivity contribution in [2.45, 2.75) is 32.2 Å². The summed E-state index contributed by atoms with van der Waals surface area (Å²) >= 11 is 12.3. The molecule has 0 amide bonds. The maximum atomic E-state index is 6.26. The van der Waals surface area contributed by atoms with E-state index < -0.39 is 0 Å². The second-order valence-electron chi connectivity index (χ2n) is 5.24. The summed E-state index contributed by atoms with van der Waals surface area (Å²) in [5.41, 5.74) is 7.05. The molecule has 7 heteroatoms. The van der Waals surface area contributed by atoms with Gasteiger partial charge in [0.1, 0.15) is 0 Å². The molecule has 1 aliphatic rings. The van der Waals surface area contributed by atoms with Crippen LogP contribution >= 0.6 is 23.2 Å². The van der Waals surface area contributed by atoms with Gasteiger partial charge in [0.15, 0.2) is 5.82 Å². The summed E-state index contributed by atoms with van der Waals surface area (Å²) in [6, 6.07) is 3.62. The molecule has 20 heavy (non-hydrogen) atoms. The molecule has 1 aromatic heterocycles. The van der Waals surface area contributed by atoms with Gasteiger partial charge in [0, 0.05) is 11.3 Å². The number of nitrogen functional groups attached to an aromatic ring is 1. The van der Waals surface area contributed by atoms with Crippen molar-refractivity contribution in [1.82, 2.24) is 20.2 Å². The lowest BCUT2D eigenvalue weighted by molar-refractivity contribution is 0.210. The molecule has 5 nitrogen and oxygen atoms in total. The van der Waals surface area contributed by atoms with E-state index in [0.717, 1.165) is 0 Å². The van der Waals surface area contributed by atoms with Crippen LogP contribution in [-0.4, -0.2) is 20.2 Å². The molecule has 0 spiro atoms. The van der Waals surface area contributed by atoms with Crippen molar-refractivity contribution in [3.8, 4) is 11.4 Å². The van der Waals surface area contributed by atoms with Crippen LogP contribution in [0.15, 0.2) is 12.1 Å². The van der Waals surface area contributed by atoms with Crippen LogP contribution in [0.3, 0.4) is 0 Å². The third kappa shape index (κ3) is 2.25. The summed E-state index contributed by atoms with van der Waals surface area (Å²) in [6.07, 6.45) is 3.70. The molecular formula is C13H15Cl2N5. The Morgan fingerprint density at radius 1 is 1.35 bits per heavy atom. The van der Waals surface area contributed by atoms with Crippen molar-refractivity contribution in [3.05, 3.63) is 22.2 Å². The first-order chi connectivity index (χ1) is 9.58. The molecule has 106 valence electrons. The highest BCUT2D eigenvalue weighted by atomic mass is 35.5. The summed E-state index contributed by atoms with van der Waals surface area (Å²) in [4.78, 5) is 0. The normalized spacial score (nSPS) is 16.9. The second kappa shape index (κ2) is 5.22. The first kappa shape index (κ1) is 13.6. The molecule has 0 radical (unpaired) electrons. The Kier molecular flexibility index (Phi) is 3.56. The van der Waals surface area contributed by atoms with E-state index in [2.05, 4.69) is 22.4 Å². The molecule has 0 bridgehead atoms. The molecule has 1 aliphatic carbocycles. The zero-order valence-corrected chi connectivity index (χ0v) is 12.6. The molecule has 1 heterocycles. The van der Waals surface area contributed by atoms with E-state index in [1.807, 2.05) is 4.68 Å². The van der Waals surface area contributed by atoms with Crippen LogP contribution in [0, 0.1) is 5.92 Å². The molecule has 1 fully saturated rings. The lowest BCUT2D eigenvalue weighted by Crippen LogP contribution is -2.24. The summed E-state index contributed by atoms with van der Waals surface area (Å²) in [5, 5.41) is 12.8. The van der Waals surface area contributed by atoms with E-state index in [1.165, 1.54) is 19.3 Å². The van der Waals surface area contributed by atoms with Crippen molar-refractivity contribution in [2.75, 3.05) is 5.73 Å². The van der Waals surface area contributed by atoms with Gasteiger partial charge in [-0.1, -0.05) is 29.6 Å². The van der Waals surface area contributed by atoms with Gasteiger partial charge in [0.25, 0.3) is 0 Å². The lowest BCUT2D eigenvalue weighted by Gasteiger charge is -2.31. The van der Waals surface area contributed by atoms with Crippen molar-refractivity contribution in [2.24, 2.45) is 5.92 Å². The molecule has 2 N–H and O–H groups in total. The van der Waals surface area contributed by atoms with E-state index in [-0.39, 0.29) is 6.04 Å². The van der Waals surface area contributed by atoms with Gasteiger partial charge in [-0.2, -0.15) is 0 Å². The van der Waals surface area contributed by atoms with E-state index in [9.17, 15) is 0 Å². The van der Waals surface area contributed by atoms with Crippen LogP contribution in [0.5, 0.6) is 0 Å². The minimum Gasteiger partial charge on any atom is -0.399 e. The van der Waals surface area contributed by atoms with Gasteiger partial charge in [0.05, 0.1) is 16.1 Å². The Labute approximate surface area is 127 Å². The number of halogens is 2.